The minimum absolute atomic E-state index is 0.278. The van der Waals surface area contributed by atoms with Crippen molar-refractivity contribution in [3.8, 4) is 6.07 Å². The summed E-state index contributed by atoms with van der Waals surface area (Å²) in [6.45, 7) is 3.06. The van der Waals surface area contributed by atoms with Crippen LogP contribution < -0.4 is 5.32 Å². The Morgan fingerprint density at radius 3 is 3.27 bits per heavy atom. The molecule has 2 nitrogen and oxygen atoms in total. The minimum Gasteiger partial charge on any atom is -0.296 e. The maximum absolute atomic E-state index is 9.04. The van der Waals surface area contributed by atoms with Crippen LogP contribution in [0.2, 0.25) is 0 Å². The molecular weight excluding hydrogens is 136 g/mol. The topological polar surface area (TPSA) is 35.8 Å². The minimum atomic E-state index is -0.278. The molecule has 0 spiro atoms. The van der Waals surface area contributed by atoms with Gasteiger partial charge in [-0.2, -0.15) is 5.26 Å². The van der Waals surface area contributed by atoms with E-state index in [4.69, 9.17) is 5.26 Å². The molecular formula is C9H12N2. The molecule has 58 valence electrons. The molecule has 0 radical (unpaired) electrons. The molecule has 2 heteroatoms. The molecule has 0 aromatic rings. The molecule has 0 aromatic heterocycles. The predicted molar refractivity (Wildman–Crippen MR) is 42.8 cm³/mol. The summed E-state index contributed by atoms with van der Waals surface area (Å²) >= 11 is 0. The van der Waals surface area contributed by atoms with Crippen molar-refractivity contribution in [3.05, 3.63) is 11.6 Å². The van der Waals surface area contributed by atoms with E-state index in [9.17, 15) is 0 Å². The van der Waals surface area contributed by atoms with E-state index >= 15 is 0 Å². The Morgan fingerprint density at radius 1 is 1.82 bits per heavy atom. The molecule has 2 atom stereocenters. The van der Waals surface area contributed by atoms with Crippen LogP contribution in [0.3, 0.4) is 0 Å². The Morgan fingerprint density at radius 2 is 2.64 bits per heavy atom. The van der Waals surface area contributed by atoms with Crippen LogP contribution >= 0.6 is 0 Å². The van der Waals surface area contributed by atoms with Crippen LogP contribution in [-0.4, -0.2) is 12.1 Å². The second-order valence-corrected chi connectivity index (χ2v) is 3.46. The van der Waals surface area contributed by atoms with Gasteiger partial charge in [-0.3, -0.25) is 5.32 Å². The van der Waals surface area contributed by atoms with Crippen molar-refractivity contribution in [1.29, 1.82) is 5.26 Å². The summed E-state index contributed by atoms with van der Waals surface area (Å²) in [4.78, 5) is 0. The van der Waals surface area contributed by atoms with E-state index in [0.29, 0.717) is 5.92 Å². The molecule has 0 bridgehead atoms. The molecule has 2 unspecified atom stereocenters. The molecule has 0 aromatic carbocycles. The summed E-state index contributed by atoms with van der Waals surface area (Å²) in [5, 5.41) is 12.3. The van der Waals surface area contributed by atoms with Gasteiger partial charge in [-0.15, -0.1) is 0 Å². The molecule has 1 aliphatic carbocycles. The van der Waals surface area contributed by atoms with Gasteiger partial charge in [0.15, 0.2) is 0 Å². The summed E-state index contributed by atoms with van der Waals surface area (Å²) in [7, 11) is 0. The summed E-state index contributed by atoms with van der Waals surface area (Å²) < 4.78 is 0. The zero-order chi connectivity index (χ0) is 7.90. The molecule has 1 N–H and O–H groups in total. The van der Waals surface area contributed by atoms with Crippen LogP contribution in [0.15, 0.2) is 11.6 Å². The lowest BCUT2D eigenvalue weighted by molar-refractivity contribution is 0.445. The second-order valence-electron chi connectivity index (χ2n) is 3.46. The average molecular weight is 148 g/mol. The highest BCUT2D eigenvalue weighted by Gasteiger charge is 2.46. The quantitative estimate of drug-likeness (QED) is 0.524. The number of fused-ring (bicyclic) bond motifs is 1. The third-order valence-electron chi connectivity index (χ3n) is 3.02. The molecule has 2 rings (SSSR count). The van der Waals surface area contributed by atoms with Crippen molar-refractivity contribution in [2.24, 2.45) is 5.92 Å². The average Bonchev–Trinajstić information content (AvgIpc) is 2.53. The van der Waals surface area contributed by atoms with Gasteiger partial charge in [0.1, 0.15) is 5.54 Å². The first-order valence-corrected chi connectivity index (χ1v) is 4.13. The van der Waals surface area contributed by atoms with Gasteiger partial charge >= 0.3 is 0 Å². The molecule has 1 aliphatic heterocycles. The summed E-state index contributed by atoms with van der Waals surface area (Å²) in [5.41, 5.74) is 0.947. The first-order valence-electron chi connectivity index (χ1n) is 4.13. The molecule has 2 aliphatic rings. The zero-order valence-corrected chi connectivity index (χ0v) is 6.72. The SMILES string of the molecule is CC1=CCC2CCNC12C#N. The van der Waals surface area contributed by atoms with Crippen LogP contribution in [0.5, 0.6) is 0 Å². The largest absolute Gasteiger partial charge is 0.296 e. The highest BCUT2D eigenvalue weighted by Crippen LogP contribution is 2.40. The normalized spacial score (nSPS) is 41.5. The van der Waals surface area contributed by atoms with Gasteiger partial charge in [0, 0.05) is 0 Å². The predicted octanol–water partition coefficient (Wildman–Crippen LogP) is 1.21. The molecule has 1 heterocycles. The van der Waals surface area contributed by atoms with Crippen LogP contribution in [0, 0.1) is 17.2 Å². The van der Waals surface area contributed by atoms with Gasteiger partial charge in [0.05, 0.1) is 6.07 Å². The molecule has 11 heavy (non-hydrogen) atoms. The number of nitrogens with zero attached hydrogens (tertiary/aromatic N) is 1. The highest BCUT2D eigenvalue weighted by atomic mass is 15.0. The van der Waals surface area contributed by atoms with Crippen molar-refractivity contribution in [2.75, 3.05) is 6.54 Å². The number of rotatable bonds is 0. The third kappa shape index (κ3) is 0.693. The first kappa shape index (κ1) is 6.87. The van der Waals surface area contributed by atoms with E-state index in [1.54, 1.807) is 0 Å². The van der Waals surface area contributed by atoms with Gasteiger partial charge in [0.25, 0.3) is 0 Å². The maximum Gasteiger partial charge on any atom is 0.131 e. The Hall–Kier alpha value is -0.810. The lowest BCUT2D eigenvalue weighted by atomic mass is 9.86. The lowest BCUT2D eigenvalue weighted by Gasteiger charge is -2.22. The van der Waals surface area contributed by atoms with Gasteiger partial charge in [-0.25, -0.2) is 0 Å². The van der Waals surface area contributed by atoms with Crippen molar-refractivity contribution >= 4 is 0 Å². The molecule has 1 fully saturated rings. The van der Waals surface area contributed by atoms with E-state index in [0.717, 1.165) is 19.4 Å². The Labute approximate surface area is 66.9 Å². The number of nitrogens with one attached hydrogen (secondary N) is 1. The maximum atomic E-state index is 9.04. The van der Waals surface area contributed by atoms with E-state index in [2.05, 4.69) is 24.4 Å². The fraction of sp³-hybridized carbons (Fsp3) is 0.667. The fourth-order valence-electron chi connectivity index (χ4n) is 2.26. The van der Waals surface area contributed by atoms with Crippen molar-refractivity contribution in [2.45, 2.75) is 25.3 Å². The summed E-state index contributed by atoms with van der Waals surface area (Å²) in [5.74, 6) is 0.549. The fourth-order valence-corrected chi connectivity index (χ4v) is 2.26. The monoisotopic (exact) mass is 148 g/mol. The van der Waals surface area contributed by atoms with Crippen LogP contribution in [0.25, 0.3) is 0 Å². The smallest absolute Gasteiger partial charge is 0.131 e. The highest BCUT2D eigenvalue weighted by molar-refractivity contribution is 5.37. The number of allylic oxidation sites excluding steroid dienone is 1. The summed E-state index contributed by atoms with van der Waals surface area (Å²) in [6.07, 6.45) is 4.44. The van der Waals surface area contributed by atoms with Gasteiger partial charge < -0.3 is 0 Å². The molecule has 0 amide bonds. The molecule has 1 saturated heterocycles. The Balaban J connectivity index is 2.39. The van der Waals surface area contributed by atoms with Crippen molar-refractivity contribution in [3.63, 3.8) is 0 Å². The van der Waals surface area contributed by atoms with Gasteiger partial charge in [-0.05, 0) is 37.8 Å². The van der Waals surface area contributed by atoms with Gasteiger partial charge in [0.2, 0.25) is 0 Å². The first-order chi connectivity index (χ1) is 5.29. The number of hydrogen-bond acceptors (Lipinski definition) is 2. The number of hydrogen-bond donors (Lipinski definition) is 1. The Bertz CT molecular complexity index is 249. The van der Waals surface area contributed by atoms with Crippen LogP contribution in [0.1, 0.15) is 19.8 Å². The zero-order valence-electron chi connectivity index (χ0n) is 6.72. The van der Waals surface area contributed by atoms with Crippen molar-refractivity contribution < 1.29 is 0 Å². The van der Waals surface area contributed by atoms with Crippen molar-refractivity contribution in [1.82, 2.24) is 5.32 Å². The molecule has 0 saturated carbocycles. The van der Waals surface area contributed by atoms with E-state index in [1.807, 2.05) is 0 Å². The number of nitriles is 1. The summed E-state index contributed by atoms with van der Waals surface area (Å²) in [6, 6.07) is 2.41. The Kier molecular flexibility index (Phi) is 1.30. The van der Waals surface area contributed by atoms with E-state index < -0.39 is 0 Å². The second kappa shape index (κ2) is 2.09. The third-order valence-corrected chi connectivity index (χ3v) is 3.02. The van der Waals surface area contributed by atoms with E-state index in [1.165, 1.54) is 5.57 Å². The standard InChI is InChI=1S/C9H12N2/c1-7-2-3-8-4-5-11-9(7,8)6-10/h2,8,11H,3-5H2,1H3. The van der Waals surface area contributed by atoms with E-state index in [-0.39, 0.29) is 5.54 Å². The lowest BCUT2D eigenvalue weighted by Crippen LogP contribution is -2.41. The van der Waals surface area contributed by atoms with Crippen LogP contribution in [0.4, 0.5) is 0 Å². The van der Waals surface area contributed by atoms with Crippen LogP contribution in [-0.2, 0) is 0 Å². The van der Waals surface area contributed by atoms with Gasteiger partial charge in [-0.1, -0.05) is 6.08 Å².